The van der Waals surface area contributed by atoms with Crippen molar-refractivity contribution in [3.8, 4) is 0 Å². The number of carbonyl (C=O) groups excluding carboxylic acids is 1. The first-order valence-electron chi connectivity index (χ1n) is 10.2. The SMILES string of the molecule is COC1=C(OC)C(O)C(C/C=C(\C)CC/C=C(\C)CCC=C(C)C)C(C)C1=O. The quantitative estimate of drug-likeness (QED) is 0.501. The second-order valence-electron chi connectivity index (χ2n) is 8.06. The van der Waals surface area contributed by atoms with Crippen molar-refractivity contribution in [2.45, 2.75) is 72.8 Å². The molecule has 4 nitrogen and oxygen atoms in total. The normalized spacial score (nSPS) is 23.7. The van der Waals surface area contributed by atoms with Crippen LogP contribution in [0.1, 0.15) is 66.7 Å². The molecule has 0 aromatic rings. The lowest BCUT2D eigenvalue weighted by Crippen LogP contribution is -2.40. The number of methoxy groups -OCH3 is 2. The lowest BCUT2D eigenvalue weighted by Gasteiger charge is -2.33. The molecule has 1 aliphatic rings. The number of hydrogen-bond acceptors (Lipinski definition) is 4. The third-order valence-corrected chi connectivity index (χ3v) is 5.46. The van der Waals surface area contributed by atoms with E-state index in [2.05, 4.69) is 45.9 Å². The minimum Gasteiger partial charge on any atom is -0.494 e. The fourth-order valence-corrected chi connectivity index (χ4v) is 3.55. The molecule has 0 aromatic heterocycles. The molecule has 28 heavy (non-hydrogen) atoms. The van der Waals surface area contributed by atoms with Gasteiger partial charge < -0.3 is 14.6 Å². The van der Waals surface area contributed by atoms with Gasteiger partial charge in [-0.05, 0) is 59.8 Å². The van der Waals surface area contributed by atoms with Gasteiger partial charge in [0.25, 0.3) is 0 Å². The Kier molecular flexibility index (Phi) is 10.3. The van der Waals surface area contributed by atoms with Crippen LogP contribution in [0.25, 0.3) is 0 Å². The minimum atomic E-state index is -0.825. The van der Waals surface area contributed by atoms with E-state index >= 15 is 0 Å². The van der Waals surface area contributed by atoms with Gasteiger partial charge in [-0.2, -0.15) is 0 Å². The Morgan fingerprint density at radius 1 is 0.964 bits per heavy atom. The minimum absolute atomic E-state index is 0.101. The highest BCUT2D eigenvalue weighted by Crippen LogP contribution is 2.35. The van der Waals surface area contributed by atoms with E-state index in [1.165, 1.54) is 30.9 Å². The second kappa shape index (κ2) is 11.9. The molecule has 0 saturated carbocycles. The van der Waals surface area contributed by atoms with Crippen LogP contribution >= 0.6 is 0 Å². The van der Waals surface area contributed by atoms with Gasteiger partial charge in [-0.1, -0.05) is 41.9 Å². The van der Waals surface area contributed by atoms with Gasteiger partial charge in [0.15, 0.2) is 5.76 Å². The van der Waals surface area contributed by atoms with Crippen LogP contribution in [0.15, 0.2) is 46.5 Å². The van der Waals surface area contributed by atoms with Crippen molar-refractivity contribution in [1.29, 1.82) is 0 Å². The van der Waals surface area contributed by atoms with E-state index in [0.29, 0.717) is 6.42 Å². The fraction of sp³-hybridized carbons (Fsp3) is 0.625. The van der Waals surface area contributed by atoms with Gasteiger partial charge in [-0.15, -0.1) is 0 Å². The first kappa shape index (κ1) is 24.2. The van der Waals surface area contributed by atoms with Crippen LogP contribution in [-0.4, -0.2) is 31.2 Å². The van der Waals surface area contributed by atoms with Crippen molar-refractivity contribution in [3.05, 3.63) is 46.5 Å². The highest BCUT2D eigenvalue weighted by molar-refractivity contribution is 5.97. The number of rotatable bonds is 10. The zero-order valence-electron chi connectivity index (χ0n) is 18.7. The number of Topliss-reactive ketones (excluding diaryl/α,β-unsaturated/α-hetero) is 1. The average molecular weight is 391 g/mol. The maximum Gasteiger partial charge on any atom is 0.204 e. The maximum atomic E-state index is 12.5. The number of ketones is 1. The van der Waals surface area contributed by atoms with E-state index in [0.717, 1.165) is 25.7 Å². The number of hydrogen-bond donors (Lipinski definition) is 1. The molecule has 0 saturated heterocycles. The Bertz CT molecular complexity index is 648. The van der Waals surface area contributed by atoms with E-state index in [4.69, 9.17) is 9.47 Å². The van der Waals surface area contributed by atoms with E-state index in [9.17, 15) is 9.90 Å². The zero-order chi connectivity index (χ0) is 21.3. The summed E-state index contributed by atoms with van der Waals surface area (Å²) in [6, 6.07) is 0. The van der Waals surface area contributed by atoms with E-state index in [1.54, 1.807) is 0 Å². The van der Waals surface area contributed by atoms with Crippen molar-refractivity contribution in [2.24, 2.45) is 11.8 Å². The Morgan fingerprint density at radius 2 is 1.54 bits per heavy atom. The van der Waals surface area contributed by atoms with Crippen LogP contribution in [0.2, 0.25) is 0 Å². The lowest BCUT2D eigenvalue weighted by molar-refractivity contribution is -0.128. The van der Waals surface area contributed by atoms with Crippen LogP contribution in [0.3, 0.4) is 0 Å². The summed E-state index contributed by atoms with van der Waals surface area (Å²) in [4.78, 5) is 12.5. The monoisotopic (exact) mass is 390 g/mol. The molecule has 3 unspecified atom stereocenters. The molecule has 0 fully saturated rings. The number of carbonyl (C=O) groups is 1. The fourth-order valence-electron chi connectivity index (χ4n) is 3.55. The average Bonchev–Trinajstić information content (AvgIpc) is 2.64. The van der Waals surface area contributed by atoms with Crippen molar-refractivity contribution in [1.82, 2.24) is 0 Å². The summed E-state index contributed by atoms with van der Waals surface area (Å²) in [6.07, 6.45) is 10.8. The molecule has 158 valence electrons. The van der Waals surface area contributed by atoms with Gasteiger partial charge in [0, 0.05) is 11.8 Å². The predicted molar refractivity (Wildman–Crippen MR) is 115 cm³/mol. The van der Waals surface area contributed by atoms with E-state index < -0.39 is 6.10 Å². The molecule has 0 aromatic carbocycles. The molecule has 1 aliphatic carbocycles. The van der Waals surface area contributed by atoms with Crippen molar-refractivity contribution in [2.75, 3.05) is 14.2 Å². The largest absolute Gasteiger partial charge is 0.494 e. The van der Waals surface area contributed by atoms with Gasteiger partial charge in [-0.25, -0.2) is 0 Å². The molecular formula is C24H38O4. The molecule has 0 spiro atoms. The topological polar surface area (TPSA) is 55.8 Å². The molecule has 0 aliphatic heterocycles. The summed E-state index contributed by atoms with van der Waals surface area (Å²) in [5, 5.41) is 10.6. The number of ether oxygens (including phenoxy) is 2. The molecule has 4 heteroatoms. The zero-order valence-corrected chi connectivity index (χ0v) is 18.7. The number of aliphatic hydroxyl groups excluding tert-OH is 1. The summed E-state index contributed by atoms with van der Waals surface area (Å²) >= 11 is 0. The van der Waals surface area contributed by atoms with Crippen LogP contribution in [-0.2, 0) is 14.3 Å². The van der Waals surface area contributed by atoms with Crippen LogP contribution in [0.5, 0.6) is 0 Å². The summed E-state index contributed by atoms with van der Waals surface area (Å²) in [5.74, 6) is -0.205. The number of allylic oxidation sites excluding steroid dienone is 7. The Hall–Kier alpha value is -1.81. The van der Waals surface area contributed by atoms with Gasteiger partial charge in [-0.3, -0.25) is 4.79 Å². The third kappa shape index (κ3) is 6.97. The Labute approximate surface area is 171 Å². The van der Waals surface area contributed by atoms with Crippen LogP contribution < -0.4 is 0 Å². The Morgan fingerprint density at radius 3 is 2.07 bits per heavy atom. The lowest BCUT2D eigenvalue weighted by atomic mass is 9.77. The molecule has 0 bridgehead atoms. The number of aliphatic hydroxyl groups is 1. The molecule has 0 radical (unpaired) electrons. The van der Waals surface area contributed by atoms with Crippen molar-refractivity contribution >= 4 is 5.78 Å². The molecule has 0 heterocycles. The smallest absolute Gasteiger partial charge is 0.204 e. The second-order valence-corrected chi connectivity index (χ2v) is 8.06. The predicted octanol–water partition coefficient (Wildman–Crippen LogP) is 5.50. The molecule has 3 atom stereocenters. The molecule has 1 N–H and O–H groups in total. The van der Waals surface area contributed by atoms with Crippen molar-refractivity contribution in [3.63, 3.8) is 0 Å². The van der Waals surface area contributed by atoms with E-state index in [-0.39, 0.29) is 29.1 Å². The van der Waals surface area contributed by atoms with Gasteiger partial charge >= 0.3 is 0 Å². The highest BCUT2D eigenvalue weighted by atomic mass is 16.5. The maximum absolute atomic E-state index is 12.5. The third-order valence-electron chi connectivity index (χ3n) is 5.46. The molecular weight excluding hydrogens is 352 g/mol. The summed E-state index contributed by atoms with van der Waals surface area (Å²) in [7, 11) is 2.90. The first-order chi connectivity index (χ1) is 13.2. The van der Waals surface area contributed by atoms with E-state index in [1.807, 2.05) is 6.92 Å². The van der Waals surface area contributed by atoms with Crippen LogP contribution in [0.4, 0.5) is 0 Å². The van der Waals surface area contributed by atoms with Gasteiger partial charge in [0.1, 0.15) is 6.10 Å². The van der Waals surface area contributed by atoms with Crippen LogP contribution in [0, 0.1) is 11.8 Å². The standard InChI is InChI=1S/C24H38O4/c1-16(2)10-8-11-17(3)12-9-13-18(4)14-15-20-19(5)21(25)23(27-6)24(28-7)22(20)26/h10,12,14,19-20,22,26H,8-9,11,13,15H2,1-7H3/b17-12+,18-14+. The Balaban J connectivity index is 2.64. The van der Waals surface area contributed by atoms with Gasteiger partial charge in [0.05, 0.1) is 14.2 Å². The summed E-state index contributed by atoms with van der Waals surface area (Å²) in [6.45, 7) is 10.4. The molecule has 0 amide bonds. The van der Waals surface area contributed by atoms with Crippen molar-refractivity contribution < 1.29 is 19.4 Å². The summed E-state index contributed by atoms with van der Waals surface area (Å²) < 4.78 is 10.4. The van der Waals surface area contributed by atoms with Gasteiger partial charge in [0.2, 0.25) is 11.5 Å². The highest BCUT2D eigenvalue weighted by Gasteiger charge is 2.42. The summed E-state index contributed by atoms with van der Waals surface area (Å²) in [5.41, 5.74) is 4.07. The first-order valence-corrected chi connectivity index (χ1v) is 10.2. The molecule has 1 rings (SSSR count).